The Kier molecular flexibility index (Phi) is 6.84. The van der Waals surface area contributed by atoms with Gasteiger partial charge in [0, 0.05) is 6.42 Å². The molecule has 2 aliphatic rings. The molecule has 2 atom stereocenters. The molecule has 22 heavy (non-hydrogen) atoms. The van der Waals surface area contributed by atoms with Gasteiger partial charge in [0.2, 0.25) is 0 Å². The van der Waals surface area contributed by atoms with Crippen LogP contribution in [0.1, 0.15) is 73.6 Å². The number of hydrogen-bond acceptors (Lipinski definition) is 1. The van der Waals surface area contributed by atoms with E-state index in [1.54, 1.807) is 5.57 Å². The zero-order valence-electron chi connectivity index (χ0n) is 15.5. The van der Waals surface area contributed by atoms with Crippen LogP contribution >= 0.6 is 0 Å². The molecule has 1 heteroatoms. The Morgan fingerprint density at radius 1 is 1.32 bits per heavy atom. The molecule has 0 amide bonds. The molecule has 0 aromatic heterocycles. The zero-order chi connectivity index (χ0) is 16.9. The Bertz CT molecular complexity index is 478. The molecular weight excluding hydrogens is 268 g/mol. The summed E-state index contributed by atoms with van der Waals surface area (Å²) < 4.78 is 0. The van der Waals surface area contributed by atoms with Crippen molar-refractivity contribution in [3.05, 3.63) is 35.5 Å². The van der Waals surface area contributed by atoms with Crippen molar-refractivity contribution in [2.45, 2.75) is 73.6 Å². The first-order valence-electron chi connectivity index (χ1n) is 8.66. The van der Waals surface area contributed by atoms with Crippen LogP contribution in [-0.4, -0.2) is 5.78 Å². The molecule has 2 rings (SSSR count). The fraction of sp³-hybridized carbons (Fsp3) is 0.667. The second-order valence-corrected chi connectivity index (χ2v) is 7.86. The van der Waals surface area contributed by atoms with Crippen LogP contribution in [-0.2, 0) is 4.79 Å². The van der Waals surface area contributed by atoms with Crippen molar-refractivity contribution >= 4 is 5.78 Å². The first kappa shape index (κ1) is 18.9. The number of carbonyl (C=O) groups is 1. The fourth-order valence-electron chi connectivity index (χ4n) is 2.90. The monoisotopic (exact) mass is 302 g/mol. The van der Waals surface area contributed by atoms with E-state index in [1.807, 2.05) is 19.9 Å². The fourth-order valence-corrected chi connectivity index (χ4v) is 2.90. The number of rotatable bonds is 2. The molecule has 0 aliphatic heterocycles. The lowest BCUT2D eigenvalue weighted by Gasteiger charge is -2.36. The van der Waals surface area contributed by atoms with E-state index in [4.69, 9.17) is 0 Å². The minimum absolute atomic E-state index is 0.282. The van der Waals surface area contributed by atoms with Crippen molar-refractivity contribution in [2.75, 3.05) is 0 Å². The normalized spacial score (nSPS) is 28.5. The quantitative estimate of drug-likeness (QED) is 0.550. The van der Waals surface area contributed by atoms with Gasteiger partial charge in [0.25, 0.3) is 0 Å². The summed E-state index contributed by atoms with van der Waals surface area (Å²) in [5.74, 6) is 1.50. The maximum atomic E-state index is 11.2. The Labute approximate surface area is 137 Å². The summed E-state index contributed by atoms with van der Waals surface area (Å²) in [4.78, 5) is 11.2. The highest BCUT2D eigenvalue weighted by Crippen LogP contribution is 2.40. The van der Waals surface area contributed by atoms with Gasteiger partial charge in [0.15, 0.2) is 5.78 Å². The van der Waals surface area contributed by atoms with Crippen LogP contribution in [0.5, 0.6) is 0 Å². The van der Waals surface area contributed by atoms with Crippen LogP contribution < -0.4 is 0 Å². The summed E-state index contributed by atoms with van der Waals surface area (Å²) in [5.41, 5.74) is 4.22. The summed E-state index contributed by atoms with van der Waals surface area (Å²) >= 11 is 0. The molecule has 124 valence electrons. The van der Waals surface area contributed by atoms with E-state index < -0.39 is 0 Å². The molecule has 0 aromatic rings. The zero-order valence-corrected chi connectivity index (χ0v) is 15.5. The summed E-state index contributed by atoms with van der Waals surface area (Å²) in [7, 11) is 0. The van der Waals surface area contributed by atoms with Gasteiger partial charge >= 0.3 is 0 Å². The highest BCUT2D eigenvalue weighted by Gasteiger charge is 2.28. The van der Waals surface area contributed by atoms with Crippen molar-refractivity contribution in [3.8, 4) is 0 Å². The number of hydrogen-bond donors (Lipinski definition) is 0. The lowest BCUT2D eigenvalue weighted by molar-refractivity contribution is -0.116. The topological polar surface area (TPSA) is 17.1 Å². The molecule has 0 heterocycles. The van der Waals surface area contributed by atoms with Crippen molar-refractivity contribution in [1.82, 2.24) is 0 Å². The third-order valence-corrected chi connectivity index (χ3v) is 5.68. The highest BCUT2D eigenvalue weighted by atomic mass is 16.1. The lowest BCUT2D eigenvalue weighted by Crippen LogP contribution is -2.25. The van der Waals surface area contributed by atoms with E-state index >= 15 is 0 Å². The van der Waals surface area contributed by atoms with Crippen LogP contribution in [0.25, 0.3) is 0 Å². The third kappa shape index (κ3) is 5.26. The van der Waals surface area contributed by atoms with Gasteiger partial charge in [-0.05, 0) is 69.3 Å². The average Bonchev–Trinajstić information content (AvgIpc) is 2.45. The van der Waals surface area contributed by atoms with Gasteiger partial charge in [-0.2, -0.15) is 0 Å². The Morgan fingerprint density at radius 3 is 2.36 bits per heavy atom. The first-order valence-corrected chi connectivity index (χ1v) is 8.66. The van der Waals surface area contributed by atoms with Crippen LogP contribution in [0.2, 0.25) is 0 Å². The van der Waals surface area contributed by atoms with Crippen LogP contribution in [0.15, 0.2) is 35.5 Å². The van der Waals surface area contributed by atoms with Crippen LogP contribution in [0.4, 0.5) is 0 Å². The van der Waals surface area contributed by atoms with Crippen LogP contribution in [0.3, 0.4) is 0 Å². The van der Waals surface area contributed by atoms with Gasteiger partial charge in [0.05, 0.1) is 0 Å². The lowest BCUT2D eigenvalue weighted by atomic mass is 9.69. The van der Waals surface area contributed by atoms with Gasteiger partial charge in [0.1, 0.15) is 0 Å². The SMILES string of the molecule is C=C(C)[C@H]1CC=C(C)C(=O)C1.CC1=CCC(C)(C(C)C)CC1. The Balaban J connectivity index is 0.000000220. The molecule has 0 saturated carbocycles. The Morgan fingerprint density at radius 2 is 1.95 bits per heavy atom. The first-order chi connectivity index (χ1) is 10.2. The van der Waals surface area contributed by atoms with Crippen molar-refractivity contribution in [2.24, 2.45) is 17.3 Å². The van der Waals surface area contributed by atoms with Gasteiger partial charge in [-0.3, -0.25) is 4.79 Å². The summed E-state index contributed by atoms with van der Waals surface area (Å²) in [6.45, 7) is 17.1. The summed E-state index contributed by atoms with van der Waals surface area (Å²) in [6, 6.07) is 0. The summed E-state index contributed by atoms with van der Waals surface area (Å²) in [5, 5.41) is 0. The molecular formula is C21H34O. The second-order valence-electron chi connectivity index (χ2n) is 7.86. The number of Topliss-reactive ketones (excluding diaryl/α,β-unsaturated/α-hetero) is 1. The Hall–Kier alpha value is -1.11. The highest BCUT2D eigenvalue weighted by molar-refractivity contribution is 5.95. The molecule has 0 bridgehead atoms. The van der Waals surface area contributed by atoms with Gasteiger partial charge < -0.3 is 0 Å². The van der Waals surface area contributed by atoms with E-state index in [-0.39, 0.29) is 5.78 Å². The van der Waals surface area contributed by atoms with E-state index in [9.17, 15) is 4.79 Å². The maximum absolute atomic E-state index is 11.2. The third-order valence-electron chi connectivity index (χ3n) is 5.68. The summed E-state index contributed by atoms with van der Waals surface area (Å²) in [6.07, 6.45) is 10.1. The predicted molar refractivity (Wildman–Crippen MR) is 96.9 cm³/mol. The molecule has 1 nitrogen and oxygen atoms in total. The van der Waals surface area contributed by atoms with Gasteiger partial charge in [-0.25, -0.2) is 0 Å². The van der Waals surface area contributed by atoms with Crippen LogP contribution in [0, 0.1) is 17.3 Å². The molecule has 1 unspecified atom stereocenters. The minimum Gasteiger partial charge on any atom is -0.295 e. The van der Waals surface area contributed by atoms with E-state index in [2.05, 4.69) is 40.3 Å². The van der Waals surface area contributed by atoms with Crippen molar-refractivity contribution < 1.29 is 4.79 Å². The number of carbonyl (C=O) groups excluding carboxylic acids is 1. The standard InChI is InChI=1S/C11H20.C10H14O/c1-9(2)11(4)7-5-10(3)6-8-11;1-7(2)9-5-4-8(3)10(11)6-9/h5,9H,6-8H2,1-4H3;4,9H,1,5-6H2,2-3H3/t;9-/m.0/s1. The smallest absolute Gasteiger partial charge is 0.158 e. The largest absolute Gasteiger partial charge is 0.295 e. The number of ketones is 1. The van der Waals surface area contributed by atoms with Gasteiger partial charge in [-0.15, -0.1) is 0 Å². The molecule has 0 spiro atoms. The van der Waals surface area contributed by atoms with E-state index in [0.29, 0.717) is 17.8 Å². The van der Waals surface area contributed by atoms with Gasteiger partial charge in [-0.1, -0.05) is 50.6 Å². The molecule has 0 aromatic carbocycles. The van der Waals surface area contributed by atoms with E-state index in [0.717, 1.165) is 23.5 Å². The minimum atomic E-state index is 0.282. The van der Waals surface area contributed by atoms with E-state index in [1.165, 1.54) is 19.3 Å². The predicted octanol–water partition coefficient (Wildman–Crippen LogP) is 6.27. The van der Waals surface area contributed by atoms with Crippen molar-refractivity contribution in [3.63, 3.8) is 0 Å². The number of allylic oxidation sites excluding steroid dienone is 5. The molecule has 0 radical (unpaired) electrons. The maximum Gasteiger partial charge on any atom is 0.158 e. The molecule has 0 N–H and O–H groups in total. The molecule has 0 fully saturated rings. The molecule has 2 aliphatic carbocycles. The van der Waals surface area contributed by atoms with Crippen molar-refractivity contribution in [1.29, 1.82) is 0 Å². The molecule has 0 saturated heterocycles. The average molecular weight is 303 g/mol. The second kappa shape index (κ2) is 7.94.